The van der Waals surface area contributed by atoms with E-state index in [-0.39, 0.29) is 17.7 Å². The number of carbonyl (C=O) groups is 2. The number of carbonyl (C=O) groups excluding carboxylic acids is 2. The van der Waals surface area contributed by atoms with Crippen molar-refractivity contribution in [2.75, 3.05) is 13.1 Å². The summed E-state index contributed by atoms with van der Waals surface area (Å²) in [5, 5.41) is 2.98. The Balaban J connectivity index is 1.30. The van der Waals surface area contributed by atoms with Gasteiger partial charge in [-0.1, -0.05) is 0 Å². The maximum atomic E-state index is 12.3. The topological polar surface area (TPSA) is 75.2 Å². The van der Waals surface area contributed by atoms with Gasteiger partial charge in [0, 0.05) is 43.4 Å². The fourth-order valence-electron chi connectivity index (χ4n) is 4.04. The van der Waals surface area contributed by atoms with Gasteiger partial charge in [-0.25, -0.2) is 9.97 Å². The maximum Gasteiger partial charge on any atom is 0.225 e. The molecule has 2 heterocycles. The number of likely N-dealkylation sites (tertiary alicyclic amines) is 1. The minimum absolute atomic E-state index is 0.00816. The van der Waals surface area contributed by atoms with Crippen LogP contribution in [0.3, 0.4) is 0 Å². The highest BCUT2D eigenvalue weighted by Gasteiger charge is 2.41. The van der Waals surface area contributed by atoms with Crippen molar-refractivity contribution in [1.29, 1.82) is 0 Å². The van der Waals surface area contributed by atoms with Crippen molar-refractivity contribution in [2.45, 2.75) is 64.3 Å². The molecule has 0 bridgehead atoms. The van der Waals surface area contributed by atoms with Crippen LogP contribution in [0, 0.1) is 12.8 Å². The van der Waals surface area contributed by atoms with Crippen LogP contribution in [0.5, 0.6) is 0 Å². The van der Waals surface area contributed by atoms with Gasteiger partial charge in [-0.2, -0.15) is 0 Å². The molecule has 2 amide bonds. The number of hydrogen-bond donors (Lipinski definition) is 1. The fraction of sp³-hybridized carbons (Fsp3) is 0.684. The zero-order valence-corrected chi connectivity index (χ0v) is 14.9. The van der Waals surface area contributed by atoms with Crippen LogP contribution in [0.1, 0.15) is 54.9 Å². The molecular weight excluding hydrogens is 316 g/mol. The summed E-state index contributed by atoms with van der Waals surface area (Å²) in [6, 6.07) is 0.400. The second-order valence-electron chi connectivity index (χ2n) is 7.58. The smallest absolute Gasteiger partial charge is 0.225 e. The average Bonchev–Trinajstić information content (AvgIpc) is 3.37. The third-order valence-electron chi connectivity index (χ3n) is 5.60. The van der Waals surface area contributed by atoms with E-state index < -0.39 is 0 Å². The molecule has 0 spiro atoms. The molecule has 1 saturated heterocycles. The van der Waals surface area contributed by atoms with Gasteiger partial charge in [0.15, 0.2) is 0 Å². The van der Waals surface area contributed by atoms with E-state index in [0.29, 0.717) is 32.0 Å². The fourth-order valence-corrected chi connectivity index (χ4v) is 4.04. The van der Waals surface area contributed by atoms with Crippen LogP contribution in [0.15, 0.2) is 0 Å². The van der Waals surface area contributed by atoms with Gasteiger partial charge in [-0.05, 0) is 51.0 Å². The second kappa shape index (κ2) is 6.73. The van der Waals surface area contributed by atoms with Crippen LogP contribution >= 0.6 is 0 Å². The normalized spacial score (nSPS) is 22.8. The van der Waals surface area contributed by atoms with Crippen molar-refractivity contribution >= 4 is 11.8 Å². The highest BCUT2D eigenvalue weighted by Crippen LogP contribution is 2.32. The third kappa shape index (κ3) is 3.53. The lowest BCUT2D eigenvalue weighted by molar-refractivity contribution is -0.129. The average molecular weight is 342 g/mol. The number of nitrogens with one attached hydrogen (secondary N) is 1. The van der Waals surface area contributed by atoms with E-state index in [2.05, 4.69) is 17.2 Å². The Morgan fingerprint density at radius 1 is 1.24 bits per heavy atom. The summed E-state index contributed by atoms with van der Waals surface area (Å²) in [7, 11) is 0. The Bertz CT molecular complexity index is 699. The van der Waals surface area contributed by atoms with E-state index in [1.807, 2.05) is 4.90 Å². The van der Waals surface area contributed by atoms with Crippen LogP contribution in [0.25, 0.3) is 0 Å². The molecule has 6 nitrogen and oxygen atoms in total. The number of nitrogens with zero attached hydrogens (tertiary/aromatic N) is 3. The van der Waals surface area contributed by atoms with Crippen molar-refractivity contribution in [3.05, 3.63) is 22.8 Å². The van der Waals surface area contributed by atoms with Crippen molar-refractivity contribution in [2.24, 2.45) is 5.92 Å². The lowest BCUT2D eigenvalue weighted by Crippen LogP contribution is -2.34. The zero-order valence-electron chi connectivity index (χ0n) is 14.9. The highest BCUT2D eigenvalue weighted by atomic mass is 16.2. The second-order valence-corrected chi connectivity index (χ2v) is 7.58. The molecule has 0 aromatic carbocycles. The summed E-state index contributed by atoms with van der Waals surface area (Å²) < 4.78 is 0. The zero-order chi connectivity index (χ0) is 17.4. The van der Waals surface area contributed by atoms with Gasteiger partial charge in [0.25, 0.3) is 0 Å². The molecule has 0 radical (unpaired) electrons. The molecule has 134 valence electrons. The number of rotatable bonds is 5. The van der Waals surface area contributed by atoms with Gasteiger partial charge < -0.3 is 10.2 Å². The van der Waals surface area contributed by atoms with Crippen molar-refractivity contribution in [1.82, 2.24) is 20.2 Å². The van der Waals surface area contributed by atoms with Crippen LogP contribution < -0.4 is 5.32 Å². The molecule has 6 heteroatoms. The Labute approximate surface area is 148 Å². The van der Waals surface area contributed by atoms with E-state index in [9.17, 15) is 9.59 Å². The van der Waals surface area contributed by atoms with Gasteiger partial charge in [0.1, 0.15) is 5.82 Å². The first-order valence-corrected chi connectivity index (χ1v) is 9.54. The van der Waals surface area contributed by atoms with Gasteiger partial charge >= 0.3 is 0 Å². The Morgan fingerprint density at radius 3 is 2.84 bits per heavy atom. The predicted molar refractivity (Wildman–Crippen MR) is 93.0 cm³/mol. The SMILES string of the molecule is Cc1nc(CCNC(=O)[C@H]2CC(=O)N(C3CC3)C2)nc2c1CCCC2. The van der Waals surface area contributed by atoms with Crippen molar-refractivity contribution < 1.29 is 9.59 Å². The van der Waals surface area contributed by atoms with Crippen molar-refractivity contribution in [3.8, 4) is 0 Å². The molecule has 4 rings (SSSR count). The first kappa shape index (κ1) is 16.5. The van der Waals surface area contributed by atoms with E-state index in [1.54, 1.807) is 0 Å². The standard InChI is InChI=1S/C19H26N4O2/c1-12-15-4-2-3-5-16(15)22-17(21-12)8-9-20-19(25)13-10-18(24)23(11-13)14-6-7-14/h13-14H,2-11H2,1H3,(H,20,25)/t13-/m0/s1. The predicted octanol–water partition coefficient (Wildman–Crippen LogP) is 1.33. The summed E-state index contributed by atoms with van der Waals surface area (Å²) in [5.74, 6) is 0.752. The number of aryl methyl sites for hydroxylation is 2. The molecule has 1 atom stereocenters. The summed E-state index contributed by atoms with van der Waals surface area (Å²) in [5.41, 5.74) is 3.61. The minimum Gasteiger partial charge on any atom is -0.355 e. The quantitative estimate of drug-likeness (QED) is 0.876. The van der Waals surface area contributed by atoms with Crippen molar-refractivity contribution in [3.63, 3.8) is 0 Å². The van der Waals surface area contributed by atoms with Gasteiger partial charge in [-0.15, -0.1) is 0 Å². The minimum atomic E-state index is -0.195. The lowest BCUT2D eigenvalue weighted by Gasteiger charge is -2.18. The number of amides is 2. The number of fused-ring (bicyclic) bond motifs is 1. The summed E-state index contributed by atoms with van der Waals surface area (Å²) in [6.45, 7) is 3.18. The highest BCUT2D eigenvalue weighted by molar-refractivity contribution is 5.89. The number of aromatic nitrogens is 2. The molecule has 1 aromatic heterocycles. The monoisotopic (exact) mass is 342 g/mol. The molecule has 3 aliphatic rings. The molecule has 1 N–H and O–H groups in total. The van der Waals surface area contributed by atoms with E-state index in [4.69, 9.17) is 4.98 Å². The van der Waals surface area contributed by atoms with Gasteiger partial charge in [0.2, 0.25) is 11.8 Å². The molecule has 2 aliphatic carbocycles. The first-order valence-electron chi connectivity index (χ1n) is 9.54. The molecule has 0 unspecified atom stereocenters. The van der Waals surface area contributed by atoms with E-state index >= 15 is 0 Å². The molecular formula is C19H26N4O2. The first-order chi connectivity index (χ1) is 12.1. The van der Waals surface area contributed by atoms with Crippen LogP contribution in [-0.2, 0) is 28.9 Å². The largest absolute Gasteiger partial charge is 0.355 e. The van der Waals surface area contributed by atoms with Gasteiger partial charge in [-0.3, -0.25) is 9.59 Å². The van der Waals surface area contributed by atoms with Crippen LogP contribution in [-0.4, -0.2) is 45.8 Å². The molecule has 2 fully saturated rings. The summed E-state index contributed by atoms with van der Waals surface area (Å²) in [4.78, 5) is 35.5. The summed E-state index contributed by atoms with van der Waals surface area (Å²) in [6.07, 6.45) is 7.75. The third-order valence-corrected chi connectivity index (χ3v) is 5.60. The lowest BCUT2D eigenvalue weighted by atomic mass is 9.95. The van der Waals surface area contributed by atoms with Crippen LogP contribution in [0.4, 0.5) is 0 Å². The Kier molecular flexibility index (Phi) is 4.44. The summed E-state index contributed by atoms with van der Waals surface area (Å²) >= 11 is 0. The number of hydrogen-bond acceptors (Lipinski definition) is 4. The Morgan fingerprint density at radius 2 is 2.04 bits per heavy atom. The van der Waals surface area contributed by atoms with E-state index in [1.165, 1.54) is 24.1 Å². The van der Waals surface area contributed by atoms with E-state index in [0.717, 1.165) is 37.2 Å². The molecule has 25 heavy (non-hydrogen) atoms. The maximum absolute atomic E-state index is 12.3. The van der Waals surface area contributed by atoms with Crippen LogP contribution in [0.2, 0.25) is 0 Å². The molecule has 1 aliphatic heterocycles. The van der Waals surface area contributed by atoms with Gasteiger partial charge in [0.05, 0.1) is 5.92 Å². The molecule has 1 aromatic rings. The Hall–Kier alpha value is -1.98. The molecule has 1 saturated carbocycles.